The van der Waals surface area contributed by atoms with Gasteiger partial charge in [0, 0.05) is 19.3 Å². The van der Waals surface area contributed by atoms with Crippen molar-refractivity contribution < 1.29 is 28.6 Å². The van der Waals surface area contributed by atoms with Crippen LogP contribution >= 0.6 is 0 Å². The maximum Gasteiger partial charge on any atom is 0.306 e. The molecule has 58 heavy (non-hydrogen) atoms. The molecule has 0 fully saturated rings. The molecule has 0 bridgehead atoms. The summed E-state index contributed by atoms with van der Waals surface area (Å²) in [7, 11) is 0. The summed E-state index contributed by atoms with van der Waals surface area (Å²) in [5.74, 6) is -0.0281. The Morgan fingerprint density at radius 2 is 0.569 bits per heavy atom. The molecule has 0 aromatic rings. The standard InChI is InChI=1S/C52H100O6/c1-5-7-9-11-13-15-17-19-21-23-28-32-36-40-44-51(54)57-47-49(58-52(55)45-41-37-33-29-25-24-26-30-34-38-42-48(3)4)46-56-50(53)43-39-35-31-27-22-20-18-16-14-12-10-8-6-2/h48-49H,5-47H2,1-4H3/t49-/m1/s1. The van der Waals surface area contributed by atoms with Gasteiger partial charge in [-0.15, -0.1) is 0 Å². The van der Waals surface area contributed by atoms with Gasteiger partial charge in [-0.2, -0.15) is 0 Å². The fourth-order valence-electron chi connectivity index (χ4n) is 7.86. The minimum Gasteiger partial charge on any atom is -0.462 e. The van der Waals surface area contributed by atoms with Gasteiger partial charge in [0.05, 0.1) is 0 Å². The number of carbonyl (C=O) groups is 3. The summed E-state index contributed by atoms with van der Waals surface area (Å²) >= 11 is 0. The van der Waals surface area contributed by atoms with Crippen LogP contribution in [-0.2, 0) is 28.6 Å². The normalized spacial score (nSPS) is 11.9. The van der Waals surface area contributed by atoms with E-state index in [0.717, 1.165) is 63.7 Å². The van der Waals surface area contributed by atoms with Gasteiger partial charge in [-0.3, -0.25) is 14.4 Å². The van der Waals surface area contributed by atoms with E-state index in [9.17, 15) is 14.4 Å². The Kier molecular flexibility index (Phi) is 45.2. The number of ether oxygens (including phenoxy) is 3. The molecule has 0 aromatic carbocycles. The summed E-state index contributed by atoms with van der Waals surface area (Å²) in [5, 5.41) is 0. The molecule has 6 nitrogen and oxygen atoms in total. The summed E-state index contributed by atoms with van der Waals surface area (Å²) < 4.78 is 16.8. The van der Waals surface area contributed by atoms with Crippen LogP contribution in [0, 0.1) is 5.92 Å². The van der Waals surface area contributed by atoms with E-state index in [1.54, 1.807) is 0 Å². The minimum atomic E-state index is -0.760. The van der Waals surface area contributed by atoms with Gasteiger partial charge in [0.25, 0.3) is 0 Å². The number of unbranched alkanes of at least 4 members (excludes halogenated alkanes) is 34. The van der Waals surface area contributed by atoms with Crippen molar-refractivity contribution in [3.8, 4) is 0 Å². The molecule has 0 aliphatic carbocycles. The third-order valence-electron chi connectivity index (χ3n) is 11.8. The van der Waals surface area contributed by atoms with E-state index in [0.29, 0.717) is 19.3 Å². The molecule has 0 aromatic heterocycles. The highest BCUT2D eigenvalue weighted by molar-refractivity contribution is 5.71. The predicted octanol–water partition coefficient (Wildman–Crippen LogP) is 16.7. The van der Waals surface area contributed by atoms with Gasteiger partial charge in [-0.1, -0.05) is 252 Å². The van der Waals surface area contributed by atoms with Crippen molar-refractivity contribution >= 4 is 17.9 Å². The quantitative estimate of drug-likeness (QED) is 0.0346. The van der Waals surface area contributed by atoms with Gasteiger partial charge >= 0.3 is 17.9 Å². The second kappa shape index (κ2) is 46.5. The van der Waals surface area contributed by atoms with E-state index in [1.807, 2.05) is 0 Å². The third kappa shape index (κ3) is 45.5. The molecule has 0 saturated carbocycles. The summed E-state index contributed by atoms with van der Waals surface area (Å²) in [6.45, 7) is 9.01. The van der Waals surface area contributed by atoms with Crippen LogP contribution in [0.2, 0.25) is 0 Å². The van der Waals surface area contributed by atoms with Crippen molar-refractivity contribution in [2.75, 3.05) is 13.2 Å². The first-order valence-corrected chi connectivity index (χ1v) is 25.9. The molecule has 0 aliphatic heterocycles. The van der Waals surface area contributed by atoms with Crippen molar-refractivity contribution in [1.29, 1.82) is 0 Å². The topological polar surface area (TPSA) is 78.9 Å². The van der Waals surface area contributed by atoms with Crippen LogP contribution < -0.4 is 0 Å². The van der Waals surface area contributed by atoms with Gasteiger partial charge in [-0.05, 0) is 25.2 Å². The molecule has 344 valence electrons. The summed E-state index contributed by atoms with van der Waals surface area (Å²) in [6, 6.07) is 0. The number of hydrogen-bond acceptors (Lipinski definition) is 6. The fourth-order valence-corrected chi connectivity index (χ4v) is 7.86. The van der Waals surface area contributed by atoms with E-state index in [-0.39, 0.29) is 31.1 Å². The summed E-state index contributed by atoms with van der Waals surface area (Å²) in [5.41, 5.74) is 0. The van der Waals surface area contributed by atoms with E-state index in [1.165, 1.54) is 186 Å². The molecule has 0 unspecified atom stereocenters. The van der Waals surface area contributed by atoms with Crippen LogP contribution in [-0.4, -0.2) is 37.2 Å². The average molecular weight is 821 g/mol. The maximum atomic E-state index is 12.8. The Labute approximate surface area is 361 Å². The highest BCUT2D eigenvalue weighted by Crippen LogP contribution is 2.17. The van der Waals surface area contributed by atoms with Crippen LogP contribution in [0.25, 0.3) is 0 Å². The van der Waals surface area contributed by atoms with Gasteiger partial charge < -0.3 is 14.2 Å². The summed E-state index contributed by atoms with van der Waals surface area (Å²) in [6.07, 6.45) is 48.0. The average Bonchev–Trinajstić information content (AvgIpc) is 3.21. The molecular formula is C52H100O6. The smallest absolute Gasteiger partial charge is 0.306 e. The Balaban J connectivity index is 4.31. The lowest BCUT2D eigenvalue weighted by Gasteiger charge is -2.18. The zero-order valence-corrected chi connectivity index (χ0v) is 39.5. The molecule has 0 heterocycles. The molecule has 0 N–H and O–H groups in total. The second-order valence-corrected chi connectivity index (χ2v) is 18.3. The number of rotatable bonds is 47. The third-order valence-corrected chi connectivity index (χ3v) is 11.8. The molecule has 0 radical (unpaired) electrons. The van der Waals surface area contributed by atoms with E-state index < -0.39 is 6.10 Å². The Hall–Kier alpha value is -1.59. The molecule has 6 heteroatoms. The van der Waals surface area contributed by atoms with Crippen LogP contribution in [0.3, 0.4) is 0 Å². The zero-order chi connectivity index (χ0) is 42.4. The molecular weight excluding hydrogens is 721 g/mol. The molecule has 0 saturated heterocycles. The van der Waals surface area contributed by atoms with Gasteiger partial charge in [0.15, 0.2) is 6.10 Å². The molecule has 0 rings (SSSR count). The van der Waals surface area contributed by atoms with Gasteiger partial charge in [0.2, 0.25) is 0 Å². The van der Waals surface area contributed by atoms with Crippen molar-refractivity contribution in [3.05, 3.63) is 0 Å². The Morgan fingerprint density at radius 3 is 0.845 bits per heavy atom. The largest absolute Gasteiger partial charge is 0.462 e. The number of hydrogen-bond donors (Lipinski definition) is 0. The van der Waals surface area contributed by atoms with Crippen molar-refractivity contribution in [3.63, 3.8) is 0 Å². The Morgan fingerprint density at radius 1 is 0.328 bits per heavy atom. The second-order valence-electron chi connectivity index (χ2n) is 18.3. The maximum absolute atomic E-state index is 12.8. The highest BCUT2D eigenvalue weighted by atomic mass is 16.6. The van der Waals surface area contributed by atoms with Crippen molar-refractivity contribution in [2.45, 2.75) is 297 Å². The molecule has 0 spiro atoms. The first-order valence-electron chi connectivity index (χ1n) is 25.9. The predicted molar refractivity (Wildman–Crippen MR) is 247 cm³/mol. The number of esters is 3. The highest BCUT2D eigenvalue weighted by Gasteiger charge is 2.19. The lowest BCUT2D eigenvalue weighted by atomic mass is 10.0. The van der Waals surface area contributed by atoms with E-state index >= 15 is 0 Å². The SMILES string of the molecule is CCCCCCCCCCCCCCCCC(=O)OC[C@@H](COC(=O)CCCCCCCCCCCCCCC)OC(=O)CCCCCCCCCCCCC(C)C. The van der Waals surface area contributed by atoms with Crippen molar-refractivity contribution in [1.82, 2.24) is 0 Å². The number of carbonyl (C=O) groups excluding carboxylic acids is 3. The van der Waals surface area contributed by atoms with Crippen LogP contribution in [0.1, 0.15) is 291 Å². The molecule has 0 amide bonds. The van der Waals surface area contributed by atoms with Gasteiger partial charge in [0.1, 0.15) is 13.2 Å². The minimum absolute atomic E-state index is 0.0628. The van der Waals surface area contributed by atoms with Crippen LogP contribution in [0.4, 0.5) is 0 Å². The summed E-state index contributed by atoms with van der Waals surface area (Å²) in [4.78, 5) is 37.9. The lowest BCUT2D eigenvalue weighted by Crippen LogP contribution is -2.30. The van der Waals surface area contributed by atoms with Crippen LogP contribution in [0.15, 0.2) is 0 Å². The monoisotopic (exact) mass is 821 g/mol. The Bertz CT molecular complexity index is 872. The first kappa shape index (κ1) is 56.4. The molecule has 1 atom stereocenters. The van der Waals surface area contributed by atoms with Crippen LogP contribution in [0.5, 0.6) is 0 Å². The first-order chi connectivity index (χ1) is 28.4. The fraction of sp³-hybridized carbons (Fsp3) is 0.942. The lowest BCUT2D eigenvalue weighted by molar-refractivity contribution is -0.167. The zero-order valence-electron chi connectivity index (χ0n) is 39.5. The van der Waals surface area contributed by atoms with E-state index in [4.69, 9.17) is 14.2 Å². The van der Waals surface area contributed by atoms with Crippen molar-refractivity contribution in [2.24, 2.45) is 5.92 Å². The van der Waals surface area contributed by atoms with Gasteiger partial charge in [-0.25, -0.2) is 0 Å². The van der Waals surface area contributed by atoms with E-state index in [2.05, 4.69) is 27.7 Å². The molecule has 0 aliphatic rings.